The Hall–Kier alpha value is -6.19. The molecule has 3 heteroatoms. The van der Waals surface area contributed by atoms with Gasteiger partial charge in [-0.15, -0.1) is 0 Å². The van der Waals surface area contributed by atoms with Crippen LogP contribution in [0, 0.1) is 23.7 Å². The van der Waals surface area contributed by atoms with Crippen LogP contribution < -0.4 is 0 Å². The summed E-state index contributed by atoms with van der Waals surface area (Å²) in [4.78, 5) is 15.8. The van der Waals surface area contributed by atoms with Crippen LogP contribution in [0.2, 0.25) is 0 Å². The van der Waals surface area contributed by atoms with Gasteiger partial charge in [-0.25, -0.2) is 15.0 Å². The summed E-state index contributed by atoms with van der Waals surface area (Å²) in [6.45, 7) is 4.69. The SMILES string of the molecule is CC1(C)c2ccccc2-c2c(-c3cccc(-c4nc(-c5ccccc5)nc(-c5ccc6c(c5)-c5c(ccc7ccccc57)C65C6CC7CC(C6)CC5C7)n4)c3)cccc21. The maximum Gasteiger partial charge on any atom is 0.164 e. The molecule has 0 radical (unpaired) electrons. The van der Waals surface area contributed by atoms with Crippen LogP contribution in [-0.4, -0.2) is 15.0 Å². The van der Waals surface area contributed by atoms with Crippen molar-refractivity contribution in [3.63, 3.8) is 0 Å². The molecule has 1 heterocycles. The van der Waals surface area contributed by atoms with Crippen LogP contribution in [0.4, 0.5) is 0 Å². The number of hydrogen-bond acceptors (Lipinski definition) is 3. The van der Waals surface area contributed by atoms with Gasteiger partial charge in [0.1, 0.15) is 0 Å². The fourth-order valence-electron chi connectivity index (χ4n) is 13.3. The van der Waals surface area contributed by atoms with Gasteiger partial charge in [-0.2, -0.15) is 0 Å². The fourth-order valence-corrected chi connectivity index (χ4v) is 13.3. The van der Waals surface area contributed by atoms with Crippen LogP contribution in [0.25, 0.3) is 78.3 Å². The molecule has 0 unspecified atom stereocenters. The van der Waals surface area contributed by atoms with E-state index >= 15 is 0 Å². The number of rotatable bonds is 4. The largest absolute Gasteiger partial charge is 0.208 e. The third kappa shape index (κ3) is 4.68. The second-order valence-electron chi connectivity index (χ2n) is 18.8. The van der Waals surface area contributed by atoms with E-state index in [4.69, 9.17) is 15.0 Å². The highest BCUT2D eigenvalue weighted by Crippen LogP contribution is 2.70. The van der Waals surface area contributed by atoms with Gasteiger partial charge in [0.2, 0.25) is 0 Å². The maximum absolute atomic E-state index is 5.36. The second kappa shape index (κ2) is 12.2. The predicted octanol–water partition coefficient (Wildman–Crippen LogP) is 13.7. The Morgan fingerprint density at radius 1 is 0.407 bits per heavy atom. The van der Waals surface area contributed by atoms with E-state index in [9.17, 15) is 0 Å². The highest BCUT2D eigenvalue weighted by Gasteiger charge is 2.61. The Morgan fingerprint density at radius 3 is 1.80 bits per heavy atom. The molecule has 0 aliphatic heterocycles. The standard InChI is InChI=1S/C56H45N3/c1-55(2)46-20-9-8-18-44(46)50-43(19-11-21-48(50)55)37-15-10-16-38(31-37)53-57-52(36-13-4-3-5-14-36)58-54(59-53)39-23-24-47-45(32-39)51-42-17-7-6-12-35(42)22-25-49(51)56(47)40-27-33-26-34(29-40)30-41(56)28-33/h3-25,31-34,40-41H,26-30H2,1-2H3. The summed E-state index contributed by atoms with van der Waals surface area (Å²) in [7, 11) is 0. The van der Waals surface area contributed by atoms with Crippen molar-refractivity contribution in [1.29, 1.82) is 0 Å². The molecule has 0 atom stereocenters. The summed E-state index contributed by atoms with van der Waals surface area (Å²) >= 11 is 0. The van der Waals surface area contributed by atoms with E-state index in [0.717, 1.165) is 34.1 Å². The molecule has 59 heavy (non-hydrogen) atoms. The zero-order valence-corrected chi connectivity index (χ0v) is 33.6. The Kier molecular flexibility index (Phi) is 6.96. The molecule has 14 rings (SSSR count). The van der Waals surface area contributed by atoms with Crippen molar-refractivity contribution in [3.8, 4) is 67.5 Å². The van der Waals surface area contributed by atoms with E-state index in [1.54, 1.807) is 11.1 Å². The van der Waals surface area contributed by atoms with Gasteiger partial charge in [0.15, 0.2) is 17.5 Å². The molecule has 6 aliphatic rings. The first-order valence-electron chi connectivity index (χ1n) is 21.8. The first-order chi connectivity index (χ1) is 28.9. The Balaban J connectivity index is 0.989. The lowest BCUT2D eigenvalue weighted by molar-refractivity contribution is -0.0399. The monoisotopic (exact) mass is 759 g/mol. The van der Waals surface area contributed by atoms with Crippen molar-refractivity contribution < 1.29 is 0 Å². The first kappa shape index (κ1) is 33.7. The fraction of sp³-hybridized carbons (Fsp3) is 0.232. The molecule has 4 fully saturated rings. The molecular formula is C56H45N3. The molecule has 4 bridgehead atoms. The minimum atomic E-state index is -0.0638. The van der Waals surface area contributed by atoms with Gasteiger partial charge in [0.25, 0.3) is 0 Å². The normalized spacial score (nSPS) is 23.6. The summed E-state index contributed by atoms with van der Waals surface area (Å²) in [5.41, 5.74) is 16.8. The minimum absolute atomic E-state index is 0.0638. The first-order valence-corrected chi connectivity index (χ1v) is 21.8. The molecule has 7 aromatic carbocycles. The third-order valence-electron chi connectivity index (χ3n) is 15.5. The summed E-state index contributed by atoms with van der Waals surface area (Å²) in [5.74, 6) is 5.31. The number of hydrogen-bond donors (Lipinski definition) is 0. The summed E-state index contributed by atoms with van der Waals surface area (Å²) < 4.78 is 0. The number of aromatic nitrogens is 3. The molecule has 3 nitrogen and oxygen atoms in total. The van der Waals surface area contributed by atoms with Crippen LogP contribution in [0.1, 0.15) is 68.2 Å². The van der Waals surface area contributed by atoms with Crippen LogP contribution >= 0.6 is 0 Å². The molecule has 1 spiro atoms. The van der Waals surface area contributed by atoms with Gasteiger partial charge in [-0.05, 0) is 134 Å². The van der Waals surface area contributed by atoms with Crippen molar-refractivity contribution in [2.24, 2.45) is 23.7 Å². The summed E-state index contributed by atoms with van der Waals surface area (Å²) in [6.07, 6.45) is 6.92. The van der Waals surface area contributed by atoms with Crippen LogP contribution in [0.3, 0.4) is 0 Å². The lowest BCUT2D eigenvalue weighted by atomic mass is 9.43. The minimum Gasteiger partial charge on any atom is -0.208 e. The highest BCUT2D eigenvalue weighted by molar-refractivity contribution is 6.03. The average Bonchev–Trinajstić information content (AvgIpc) is 3.71. The summed E-state index contributed by atoms with van der Waals surface area (Å²) in [5, 5.41) is 2.68. The second-order valence-corrected chi connectivity index (χ2v) is 18.8. The van der Waals surface area contributed by atoms with Gasteiger partial charge in [0, 0.05) is 27.5 Å². The smallest absolute Gasteiger partial charge is 0.164 e. The Labute approximate surface area is 346 Å². The van der Waals surface area contributed by atoms with E-state index < -0.39 is 0 Å². The molecule has 0 amide bonds. The van der Waals surface area contributed by atoms with E-state index in [-0.39, 0.29) is 10.8 Å². The molecular weight excluding hydrogens is 715 g/mol. The van der Waals surface area contributed by atoms with Crippen LogP contribution in [0.15, 0.2) is 152 Å². The lowest BCUT2D eigenvalue weighted by Crippen LogP contribution is -2.55. The Morgan fingerprint density at radius 2 is 1.00 bits per heavy atom. The zero-order chi connectivity index (χ0) is 39.0. The molecule has 0 N–H and O–H groups in total. The summed E-state index contributed by atoms with van der Waals surface area (Å²) in [6, 6.07) is 56.1. The average molecular weight is 760 g/mol. The lowest BCUT2D eigenvalue weighted by Gasteiger charge is -2.61. The van der Waals surface area contributed by atoms with E-state index in [1.807, 2.05) is 0 Å². The topological polar surface area (TPSA) is 38.7 Å². The van der Waals surface area contributed by atoms with Crippen molar-refractivity contribution in [1.82, 2.24) is 15.0 Å². The molecule has 6 aliphatic carbocycles. The Bertz CT molecular complexity index is 3020. The van der Waals surface area contributed by atoms with Crippen molar-refractivity contribution in [3.05, 3.63) is 174 Å². The maximum atomic E-state index is 5.36. The molecule has 0 saturated heterocycles. The molecule has 284 valence electrons. The zero-order valence-electron chi connectivity index (χ0n) is 33.6. The highest BCUT2D eigenvalue weighted by atomic mass is 15.0. The van der Waals surface area contributed by atoms with E-state index in [2.05, 4.69) is 166 Å². The van der Waals surface area contributed by atoms with Gasteiger partial charge in [-0.3, -0.25) is 0 Å². The van der Waals surface area contributed by atoms with Gasteiger partial charge in [0.05, 0.1) is 0 Å². The van der Waals surface area contributed by atoms with Crippen LogP contribution in [-0.2, 0) is 10.8 Å². The quantitative estimate of drug-likeness (QED) is 0.179. The molecule has 4 saturated carbocycles. The van der Waals surface area contributed by atoms with Crippen molar-refractivity contribution in [2.45, 2.75) is 56.8 Å². The van der Waals surface area contributed by atoms with Gasteiger partial charge in [-0.1, -0.05) is 153 Å². The van der Waals surface area contributed by atoms with E-state index in [0.29, 0.717) is 29.3 Å². The van der Waals surface area contributed by atoms with Crippen molar-refractivity contribution in [2.75, 3.05) is 0 Å². The van der Waals surface area contributed by atoms with E-state index in [1.165, 1.54) is 81.8 Å². The number of benzene rings is 7. The molecule has 1 aromatic heterocycles. The predicted molar refractivity (Wildman–Crippen MR) is 240 cm³/mol. The van der Waals surface area contributed by atoms with Crippen molar-refractivity contribution >= 4 is 10.8 Å². The van der Waals surface area contributed by atoms with Gasteiger partial charge < -0.3 is 0 Å². The molecule has 8 aromatic rings. The third-order valence-corrected chi connectivity index (χ3v) is 15.5. The number of nitrogens with zero attached hydrogens (tertiary/aromatic N) is 3. The van der Waals surface area contributed by atoms with Gasteiger partial charge >= 0.3 is 0 Å². The number of fused-ring (bicyclic) bond motifs is 8. The van der Waals surface area contributed by atoms with Crippen LogP contribution in [0.5, 0.6) is 0 Å².